The van der Waals surface area contributed by atoms with E-state index in [0.717, 1.165) is 50.2 Å². The van der Waals surface area contributed by atoms with Gasteiger partial charge in [0.05, 0.1) is 39.6 Å². The number of hydrogen-bond acceptors (Lipinski definition) is 8. The lowest BCUT2D eigenvalue weighted by atomic mass is 10.2. The van der Waals surface area contributed by atoms with E-state index in [2.05, 4.69) is 15.2 Å². The van der Waals surface area contributed by atoms with Gasteiger partial charge in [0.1, 0.15) is 11.5 Å². The summed E-state index contributed by atoms with van der Waals surface area (Å²) < 4.78 is 27.4. The zero-order valence-corrected chi connectivity index (χ0v) is 19.4. The summed E-state index contributed by atoms with van der Waals surface area (Å²) in [5, 5.41) is 3.53. The Hall–Kier alpha value is -3.56. The average molecular weight is 468 g/mol. The number of hydrogen-bond donors (Lipinski definition) is 1. The predicted octanol–water partition coefficient (Wildman–Crippen LogP) is 4.32. The lowest BCUT2D eigenvalue weighted by Gasteiger charge is -2.26. The van der Waals surface area contributed by atoms with Gasteiger partial charge < -0.3 is 23.7 Å². The second-order valence-corrected chi connectivity index (χ2v) is 7.73. The van der Waals surface area contributed by atoms with Crippen LogP contribution in [-0.2, 0) is 9.47 Å². The highest BCUT2D eigenvalue weighted by Gasteiger charge is 2.12. The number of carbonyl (C=O) groups is 1. The van der Waals surface area contributed by atoms with Crippen LogP contribution < -0.4 is 19.5 Å². The van der Waals surface area contributed by atoms with Crippen LogP contribution in [0.4, 0.5) is 10.5 Å². The molecule has 2 aromatic carbocycles. The van der Waals surface area contributed by atoms with Gasteiger partial charge in [-0.15, -0.1) is 0 Å². The number of carbonyl (C=O) groups excluding carboxylic acids is 1. The summed E-state index contributed by atoms with van der Waals surface area (Å²) in [4.78, 5) is 18.8. The molecule has 1 aliphatic heterocycles. The normalized spacial score (nSPS) is 13.9. The minimum Gasteiger partial charge on any atom is -0.493 e. The first-order chi connectivity index (χ1) is 16.7. The summed E-state index contributed by atoms with van der Waals surface area (Å²) in [5.74, 6) is 2.44. The maximum absolute atomic E-state index is 12.1. The molecule has 9 nitrogen and oxygen atoms in total. The van der Waals surface area contributed by atoms with Crippen LogP contribution in [-0.4, -0.2) is 69.7 Å². The third-order valence-corrected chi connectivity index (χ3v) is 5.49. The lowest BCUT2D eigenvalue weighted by Crippen LogP contribution is -2.37. The van der Waals surface area contributed by atoms with Crippen molar-refractivity contribution in [1.29, 1.82) is 0 Å². The quantitative estimate of drug-likeness (QED) is 0.466. The van der Waals surface area contributed by atoms with E-state index in [1.165, 1.54) is 0 Å². The largest absolute Gasteiger partial charge is 0.493 e. The van der Waals surface area contributed by atoms with Crippen molar-refractivity contribution >= 4 is 22.7 Å². The van der Waals surface area contributed by atoms with E-state index in [4.69, 9.17) is 23.7 Å². The molecule has 0 saturated carbocycles. The molecule has 2 heterocycles. The number of aromatic nitrogens is 1. The lowest BCUT2D eigenvalue weighted by molar-refractivity contribution is 0.0348. The third-order valence-electron chi connectivity index (χ3n) is 5.49. The minimum absolute atomic E-state index is 0.369. The minimum atomic E-state index is -0.475. The Morgan fingerprint density at radius 3 is 2.50 bits per heavy atom. The van der Waals surface area contributed by atoms with Crippen molar-refractivity contribution in [2.45, 2.75) is 6.42 Å². The molecule has 34 heavy (non-hydrogen) atoms. The van der Waals surface area contributed by atoms with Crippen LogP contribution in [0.2, 0.25) is 0 Å². The van der Waals surface area contributed by atoms with Crippen LogP contribution in [0.1, 0.15) is 6.42 Å². The first kappa shape index (κ1) is 23.6. The molecule has 0 spiro atoms. The summed E-state index contributed by atoms with van der Waals surface area (Å²) in [6.45, 7) is 4.65. The number of benzene rings is 2. The van der Waals surface area contributed by atoms with Gasteiger partial charge in [-0.1, -0.05) is 0 Å². The highest BCUT2D eigenvalue weighted by Crippen LogP contribution is 2.36. The molecule has 3 aromatic rings. The van der Waals surface area contributed by atoms with Crippen molar-refractivity contribution in [3.8, 4) is 23.0 Å². The summed E-state index contributed by atoms with van der Waals surface area (Å²) in [5.41, 5.74) is 1.35. The van der Waals surface area contributed by atoms with Crippen molar-refractivity contribution < 1.29 is 28.5 Å². The molecule has 0 radical (unpaired) electrons. The number of fused-ring (bicyclic) bond motifs is 1. The van der Waals surface area contributed by atoms with Crippen molar-refractivity contribution in [2.75, 3.05) is 59.0 Å². The summed E-state index contributed by atoms with van der Waals surface area (Å²) in [6.07, 6.45) is 1.99. The molecule has 9 heteroatoms. The van der Waals surface area contributed by atoms with Gasteiger partial charge in [-0.2, -0.15) is 0 Å². The van der Waals surface area contributed by atoms with E-state index in [0.29, 0.717) is 35.3 Å². The number of nitrogens with one attached hydrogen (secondary N) is 1. The van der Waals surface area contributed by atoms with E-state index in [1.807, 2.05) is 6.07 Å². The molecule has 180 valence electrons. The molecule has 1 amide bonds. The van der Waals surface area contributed by atoms with Crippen molar-refractivity contribution in [3.63, 3.8) is 0 Å². The fourth-order valence-corrected chi connectivity index (χ4v) is 3.70. The number of anilines is 1. The SMILES string of the molecule is COc1cc2nccc(Oc3ccc(NC(=O)OCCCN4CCOCC4)cc3)c2cc1OC. The van der Waals surface area contributed by atoms with E-state index in [1.54, 1.807) is 56.8 Å². The fraction of sp³-hybridized carbons (Fsp3) is 0.360. The highest BCUT2D eigenvalue weighted by molar-refractivity contribution is 5.88. The molecule has 1 saturated heterocycles. The van der Waals surface area contributed by atoms with Gasteiger partial charge in [0, 0.05) is 43.0 Å². The summed E-state index contributed by atoms with van der Waals surface area (Å²) >= 11 is 0. The van der Waals surface area contributed by atoms with Gasteiger partial charge in [-0.3, -0.25) is 15.2 Å². The number of rotatable bonds is 9. The van der Waals surface area contributed by atoms with Crippen LogP contribution in [0.3, 0.4) is 0 Å². The Bertz CT molecular complexity index is 1100. The molecule has 0 bridgehead atoms. The van der Waals surface area contributed by atoms with Gasteiger partial charge in [0.25, 0.3) is 0 Å². The fourth-order valence-electron chi connectivity index (χ4n) is 3.70. The zero-order valence-electron chi connectivity index (χ0n) is 19.4. The molecule has 0 unspecified atom stereocenters. The average Bonchev–Trinajstić information content (AvgIpc) is 2.88. The summed E-state index contributed by atoms with van der Waals surface area (Å²) in [6, 6.07) is 12.5. The maximum Gasteiger partial charge on any atom is 0.411 e. The monoisotopic (exact) mass is 467 g/mol. The molecule has 1 aromatic heterocycles. The Labute approximate surface area is 198 Å². The van der Waals surface area contributed by atoms with Gasteiger partial charge in [-0.05, 0) is 42.8 Å². The topological polar surface area (TPSA) is 91.4 Å². The number of nitrogens with zero attached hydrogens (tertiary/aromatic N) is 2. The van der Waals surface area contributed by atoms with Gasteiger partial charge in [-0.25, -0.2) is 4.79 Å². The Kier molecular flexibility index (Phi) is 8.00. The Morgan fingerprint density at radius 2 is 1.76 bits per heavy atom. The van der Waals surface area contributed by atoms with Crippen LogP contribution in [0.5, 0.6) is 23.0 Å². The first-order valence-corrected chi connectivity index (χ1v) is 11.2. The first-order valence-electron chi connectivity index (χ1n) is 11.2. The van der Waals surface area contributed by atoms with Crippen molar-refractivity contribution in [1.82, 2.24) is 9.88 Å². The third kappa shape index (κ3) is 6.06. The molecular weight excluding hydrogens is 438 g/mol. The standard InChI is InChI=1S/C25H29N3O6/c1-30-23-16-20-21(17-24(23)31-2)26-9-8-22(20)34-19-6-4-18(5-7-19)27-25(29)33-13-3-10-28-11-14-32-15-12-28/h4-9,16-17H,3,10-15H2,1-2H3,(H,27,29). The van der Waals surface area contributed by atoms with Crippen molar-refractivity contribution in [3.05, 3.63) is 48.7 Å². The molecule has 0 atom stereocenters. The van der Waals surface area contributed by atoms with Crippen LogP contribution in [0, 0.1) is 0 Å². The second kappa shape index (κ2) is 11.5. The van der Waals surface area contributed by atoms with Gasteiger partial charge >= 0.3 is 6.09 Å². The number of ether oxygens (including phenoxy) is 5. The van der Waals surface area contributed by atoms with E-state index < -0.39 is 6.09 Å². The molecule has 1 aliphatic rings. The van der Waals surface area contributed by atoms with Gasteiger partial charge in [0.2, 0.25) is 0 Å². The number of methoxy groups -OCH3 is 2. The predicted molar refractivity (Wildman–Crippen MR) is 128 cm³/mol. The molecule has 1 fully saturated rings. The van der Waals surface area contributed by atoms with E-state index in [-0.39, 0.29) is 0 Å². The Morgan fingerprint density at radius 1 is 1.03 bits per heavy atom. The van der Waals surface area contributed by atoms with Crippen LogP contribution in [0.15, 0.2) is 48.7 Å². The van der Waals surface area contributed by atoms with Crippen molar-refractivity contribution in [2.24, 2.45) is 0 Å². The zero-order chi connectivity index (χ0) is 23.8. The molecular formula is C25H29N3O6. The number of morpholine rings is 1. The van der Waals surface area contributed by atoms with E-state index in [9.17, 15) is 4.79 Å². The number of amides is 1. The summed E-state index contributed by atoms with van der Waals surface area (Å²) in [7, 11) is 3.17. The molecule has 4 rings (SSSR count). The smallest absolute Gasteiger partial charge is 0.411 e. The van der Waals surface area contributed by atoms with Crippen LogP contribution in [0.25, 0.3) is 10.9 Å². The molecule has 0 aliphatic carbocycles. The highest BCUT2D eigenvalue weighted by atomic mass is 16.5. The maximum atomic E-state index is 12.1. The number of pyridine rings is 1. The second-order valence-electron chi connectivity index (χ2n) is 7.73. The molecule has 1 N–H and O–H groups in total. The Balaban J connectivity index is 1.31. The van der Waals surface area contributed by atoms with Crippen LogP contribution >= 0.6 is 0 Å². The van der Waals surface area contributed by atoms with Gasteiger partial charge in [0.15, 0.2) is 11.5 Å². The van der Waals surface area contributed by atoms with E-state index >= 15 is 0 Å².